The Bertz CT molecular complexity index is 321. The molecule has 3 heteroatoms. The first-order valence-electron chi connectivity index (χ1n) is 4.63. The molecular weight excluding hydrogens is 178 g/mol. The summed E-state index contributed by atoms with van der Waals surface area (Å²) in [4.78, 5) is 11.4. The van der Waals surface area contributed by atoms with E-state index in [1.54, 1.807) is 19.2 Å². The van der Waals surface area contributed by atoms with E-state index in [0.29, 0.717) is 11.3 Å². The highest BCUT2D eigenvalue weighted by Gasteiger charge is 2.10. The van der Waals surface area contributed by atoms with E-state index >= 15 is 0 Å². The highest BCUT2D eigenvalue weighted by molar-refractivity contribution is 5.96. The fourth-order valence-electron chi connectivity index (χ4n) is 1.15. The van der Waals surface area contributed by atoms with Crippen molar-refractivity contribution in [3.63, 3.8) is 0 Å². The standard InChI is InChI=1S/C11H15NO2/c1-8(2)14-10-7-5-4-6-9(10)11(13)12-3/h4-8H,1-3H3,(H,12,13). The van der Waals surface area contributed by atoms with Crippen molar-refractivity contribution in [3.05, 3.63) is 29.8 Å². The highest BCUT2D eigenvalue weighted by atomic mass is 16.5. The number of carbonyl (C=O) groups is 1. The predicted octanol–water partition coefficient (Wildman–Crippen LogP) is 1.83. The van der Waals surface area contributed by atoms with Gasteiger partial charge in [-0.1, -0.05) is 12.1 Å². The van der Waals surface area contributed by atoms with E-state index in [1.165, 1.54) is 0 Å². The first kappa shape index (κ1) is 10.6. The van der Waals surface area contributed by atoms with Gasteiger partial charge in [0.25, 0.3) is 5.91 Å². The first-order chi connectivity index (χ1) is 6.65. The van der Waals surface area contributed by atoms with Crippen LogP contribution in [0.5, 0.6) is 5.75 Å². The van der Waals surface area contributed by atoms with Gasteiger partial charge in [-0.3, -0.25) is 4.79 Å². The topological polar surface area (TPSA) is 38.3 Å². The molecule has 76 valence electrons. The SMILES string of the molecule is CNC(=O)c1ccccc1OC(C)C. The van der Waals surface area contributed by atoms with E-state index < -0.39 is 0 Å². The molecule has 14 heavy (non-hydrogen) atoms. The van der Waals surface area contributed by atoms with Gasteiger partial charge in [0.1, 0.15) is 5.75 Å². The summed E-state index contributed by atoms with van der Waals surface area (Å²) in [5.74, 6) is 0.503. The molecular formula is C11H15NO2. The Balaban J connectivity index is 2.97. The lowest BCUT2D eigenvalue weighted by molar-refractivity contribution is 0.0957. The molecule has 3 nitrogen and oxygen atoms in total. The fourth-order valence-corrected chi connectivity index (χ4v) is 1.15. The number of hydrogen-bond acceptors (Lipinski definition) is 2. The van der Waals surface area contributed by atoms with E-state index in [4.69, 9.17) is 4.74 Å². The molecule has 0 aliphatic rings. The zero-order valence-electron chi connectivity index (χ0n) is 8.70. The van der Waals surface area contributed by atoms with Gasteiger partial charge in [-0.15, -0.1) is 0 Å². The number of rotatable bonds is 3. The molecule has 0 fully saturated rings. The molecule has 1 aromatic rings. The molecule has 0 spiro atoms. The molecule has 1 rings (SSSR count). The van der Waals surface area contributed by atoms with E-state index in [-0.39, 0.29) is 12.0 Å². The van der Waals surface area contributed by atoms with Crippen molar-refractivity contribution in [3.8, 4) is 5.75 Å². The zero-order valence-corrected chi connectivity index (χ0v) is 8.70. The summed E-state index contributed by atoms with van der Waals surface area (Å²) >= 11 is 0. The van der Waals surface area contributed by atoms with Gasteiger partial charge in [0.15, 0.2) is 0 Å². The van der Waals surface area contributed by atoms with Crippen LogP contribution in [0.25, 0.3) is 0 Å². The molecule has 0 atom stereocenters. The van der Waals surface area contributed by atoms with Crippen LogP contribution in [-0.2, 0) is 0 Å². The van der Waals surface area contributed by atoms with E-state index in [1.807, 2.05) is 26.0 Å². The van der Waals surface area contributed by atoms with Crippen molar-refractivity contribution in [2.24, 2.45) is 0 Å². The van der Waals surface area contributed by atoms with Crippen LogP contribution in [0.3, 0.4) is 0 Å². The molecule has 0 aromatic heterocycles. The van der Waals surface area contributed by atoms with Crippen molar-refractivity contribution in [2.75, 3.05) is 7.05 Å². The maximum Gasteiger partial charge on any atom is 0.254 e. The lowest BCUT2D eigenvalue weighted by Gasteiger charge is -2.12. The van der Waals surface area contributed by atoms with Crippen molar-refractivity contribution in [1.29, 1.82) is 0 Å². The molecule has 0 saturated heterocycles. The molecule has 0 radical (unpaired) electrons. The van der Waals surface area contributed by atoms with Crippen LogP contribution in [0, 0.1) is 0 Å². The van der Waals surface area contributed by atoms with Crippen LogP contribution in [0.2, 0.25) is 0 Å². The van der Waals surface area contributed by atoms with Crippen LogP contribution < -0.4 is 10.1 Å². The zero-order chi connectivity index (χ0) is 10.6. The van der Waals surface area contributed by atoms with Crippen LogP contribution >= 0.6 is 0 Å². The summed E-state index contributed by atoms with van der Waals surface area (Å²) in [5.41, 5.74) is 0.573. The largest absolute Gasteiger partial charge is 0.490 e. The van der Waals surface area contributed by atoms with Gasteiger partial charge in [0, 0.05) is 7.05 Å². The Morgan fingerprint density at radius 1 is 1.36 bits per heavy atom. The van der Waals surface area contributed by atoms with Gasteiger partial charge in [-0.25, -0.2) is 0 Å². The first-order valence-corrected chi connectivity index (χ1v) is 4.63. The minimum atomic E-state index is -0.124. The lowest BCUT2D eigenvalue weighted by atomic mass is 10.2. The number of hydrogen-bond donors (Lipinski definition) is 1. The summed E-state index contributed by atoms with van der Waals surface area (Å²) in [5, 5.41) is 2.58. The van der Waals surface area contributed by atoms with Crippen LogP contribution in [-0.4, -0.2) is 19.1 Å². The average molecular weight is 193 g/mol. The van der Waals surface area contributed by atoms with Crippen LogP contribution in [0.15, 0.2) is 24.3 Å². The highest BCUT2D eigenvalue weighted by Crippen LogP contribution is 2.18. The number of nitrogens with one attached hydrogen (secondary N) is 1. The van der Waals surface area contributed by atoms with Crippen LogP contribution in [0.4, 0.5) is 0 Å². The van der Waals surface area contributed by atoms with Crippen molar-refractivity contribution in [2.45, 2.75) is 20.0 Å². The molecule has 0 aliphatic heterocycles. The van der Waals surface area contributed by atoms with Gasteiger partial charge in [-0.05, 0) is 26.0 Å². The number of benzene rings is 1. The average Bonchev–Trinajstić information content (AvgIpc) is 2.16. The predicted molar refractivity (Wildman–Crippen MR) is 55.6 cm³/mol. The van der Waals surface area contributed by atoms with Gasteiger partial charge < -0.3 is 10.1 Å². The number of ether oxygens (including phenoxy) is 1. The molecule has 1 amide bonds. The third-order valence-corrected chi connectivity index (χ3v) is 1.72. The smallest absolute Gasteiger partial charge is 0.254 e. The maximum atomic E-state index is 11.4. The summed E-state index contributed by atoms with van der Waals surface area (Å²) in [6.45, 7) is 3.86. The van der Waals surface area contributed by atoms with Crippen molar-refractivity contribution >= 4 is 5.91 Å². The third-order valence-electron chi connectivity index (χ3n) is 1.72. The quantitative estimate of drug-likeness (QED) is 0.795. The van der Waals surface area contributed by atoms with E-state index in [0.717, 1.165) is 0 Å². The molecule has 1 N–H and O–H groups in total. The summed E-state index contributed by atoms with van der Waals surface area (Å²) < 4.78 is 5.51. The molecule has 0 heterocycles. The second kappa shape index (κ2) is 4.65. The summed E-state index contributed by atoms with van der Waals surface area (Å²) in [6, 6.07) is 7.21. The fraction of sp³-hybridized carbons (Fsp3) is 0.364. The molecule has 1 aromatic carbocycles. The van der Waals surface area contributed by atoms with E-state index in [2.05, 4.69) is 5.32 Å². The maximum absolute atomic E-state index is 11.4. The van der Waals surface area contributed by atoms with Gasteiger partial charge >= 0.3 is 0 Å². The number of para-hydroxylation sites is 1. The minimum absolute atomic E-state index is 0.0702. The van der Waals surface area contributed by atoms with Crippen LogP contribution in [0.1, 0.15) is 24.2 Å². The molecule has 0 bridgehead atoms. The second-order valence-electron chi connectivity index (χ2n) is 3.24. The Morgan fingerprint density at radius 3 is 2.57 bits per heavy atom. The minimum Gasteiger partial charge on any atom is -0.490 e. The Labute approximate surface area is 84.1 Å². The van der Waals surface area contributed by atoms with Crippen molar-refractivity contribution in [1.82, 2.24) is 5.32 Å². The number of carbonyl (C=O) groups excluding carboxylic acids is 1. The van der Waals surface area contributed by atoms with Gasteiger partial charge in [0.2, 0.25) is 0 Å². The Morgan fingerprint density at radius 2 is 2.00 bits per heavy atom. The summed E-state index contributed by atoms with van der Waals surface area (Å²) in [6.07, 6.45) is 0.0702. The number of amides is 1. The molecule has 0 aliphatic carbocycles. The summed E-state index contributed by atoms with van der Waals surface area (Å²) in [7, 11) is 1.61. The normalized spacial score (nSPS) is 10.0. The second-order valence-corrected chi connectivity index (χ2v) is 3.24. The molecule has 0 unspecified atom stereocenters. The molecule has 0 saturated carbocycles. The lowest BCUT2D eigenvalue weighted by Crippen LogP contribution is -2.19. The monoisotopic (exact) mass is 193 g/mol. The van der Waals surface area contributed by atoms with Gasteiger partial charge in [0.05, 0.1) is 11.7 Å². The van der Waals surface area contributed by atoms with Gasteiger partial charge in [-0.2, -0.15) is 0 Å². The Kier molecular flexibility index (Phi) is 3.51. The third kappa shape index (κ3) is 2.49. The van der Waals surface area contributed by atoms with E-state index in [9.17, 15) is 4.79 Å². The van der Waals surface area contributed by atoms with Crippen molar-refractivity contribution < 1.29 is 9.53 Å². The Hall–Kier alpha value is -1.51.